The molecule has 1 saturated heterocycles. The molecular formula is C12H18N4O3. The molecule has 1 N–H and O–H groups in total. The van der Waals surface area contributed by atoms with Gasteiger partial charge in [-0.1, -0.05) is 6.92 Å². The van der Waals surface area contributed by atoms with Crippen molar-refractivity contribution in [1.29, 1.82) is 0 Å². The van der Waals surface area contributed by atoms with Crippen LogP contribution in [0.3, 0.4) is 0 Å². The Balaban J connectivity index is 2.19. The number of rotatable bonds is 4. The smallest absolute Gasteiger partial charge is 0.305 e. The van der Waals surface area contributed by atoms with Crippen LogP contribution in [0.25, 0.3) is 0 Å². The maximum Gasteiger partial charge on any atom is 0.305 e. The van der Waals surface area contributed by atoms with Gasteiger partial charge in [-0.15, -0.1) is 0 Å². The Morgan fingerprint density at radius 3 is 2.79 bits per heavy atom. The second kappa shape index (κ2) is 5.92. The first-order chi connectivity index (χ1) is 9.13. The van der Waals surface area contributed by atoms with E-state index < -0.39 is 4.92 Å². The zero-order chi connectivity index (χ0) is 13.8. The van der Waals surface area contributed by atoms with Crippen molar-refractivity contribution in [2.45, 2.75) is 32.2 Å². The lowest BCUT2D eigenvalue weighted by atomic mass is 9.92. The van der Waals surface area contributed by atoms with Gasteiger partial charge >= 0.3 is 5.69 Å². The molecule has 0 saturated carbocycles. The van der Waals surface area contributed by atoms with Gasteiger partial charge in [-0.2, -0.15) is 0 Å². The molecule has 0 radical (unpaired) electrons. The average molecular weight is 266 g/mol. The minimum absolute atomic E-state index is 0.104. The Kier molecular flexibility index (Phi) is 4.26. The Labute approximate surface area is 111 Å². The van der Waals surface area contributed by atoms with Crippen molar-refractivity contribution in [2.24, 2.45) is 5.92 Å². The van der Waals surface area contributed by atoms with E-state index in [9.17, 15) is 15.2 Å². The van der Waals surface area contributed by atoms with E-state index in [0.717, 1.165) is 25.8 Å². The predicted octanol–water partition coefficient (Wildman–Crippen LogP) is 1.37. The molecule has 2 heterocycles. The summed E-state index contributed by atoms with van der Waals surface area (Å²) in [5.41, 5.74) is -0.104. The number of aromatic nitrogens is 2. The van der Waals surface area contributed by atoms with E-state index in [4.69, 9.17) is 0 Å². The number of anilines is 1. The maximum atomic E-state index is 10.6. The normalized spacial score (nSPS) is 21.2. The molecule has 104 valence electrons. The zero-order valence-corrected chi connectivity index (χ0v) is 10.9. The van der Waals surface area contributed by atoms with Crippen molar-refractivity contribution < 1.29 is 10.0 Å². The molecule has 1 aliphatic heterocycles. The summed E-state index contributed by atoms with van der Waals surface area (Å²) in [6.45, 7) is 2.94. The van der Waals surface area contributed by atoms with Crippen LogP contribution < -0.4 is 4.90 Å². The summed E-state index contributed by atoms with van der Waals surface area (Å²) in [6.07, 6.45) is 5.63. The van der Waals surface area contributed by atoms with Gasteiger partial charge in [0.15, 0.2) is 0 Å². The van der Waals surface area contributed by atoms with Crippen LogP contribution in [0.1, 0.15) is 26.2 Å². The van der Waals surface area contributed by atoms with Gasteiger partial charge in [0.2, 0.25) is 5.95 Å². The van der Waals surface area contributed by atoms with Crippen LogP contribution in [-0.2, 0) is 0 Å². The second-order valence-electron chi connectivity index (χ2n) is 4.91. The highest BCUT2D eigenvalue weighted by Crippen LogP contribution is 2.26. The van der Waals surface area contributed by atoms with Crippen molar-refractivity contribution in [3.05, 3.63) is 22.5 Å². The first kappa shape index (κ1) is 13.7. The first-order valence-electron chi connectivity index (χ1n) is 6.47. The van der Waals surface area contributed by atoms with Crippen molar-refractivity contribution in [3.8, 4) is 0 Å². The quantitative estimate of drug-likeness (QED) is 0.653. The molecule has 19 heavy (non-hydrogen) atoms. The summed E-state index contributed by atoms with van der Waals surface area (Å²) in [6, 6.07) is 0.195. The van der Waals surface area contributed by atoms with E-state index in [1.54, 1.807) is 0 Å². The third kappa shape index (κ3) is 2.98. The standard InChI is InChI=1S/C12H18N4O3/c1-9(8-17)11-4-2-3-5-15(11)12-13-6-10(7-14-12)16(18)19/h6-7,9,11,17H,2-5,8H2,1H3. The predicted molar refractivity (Wildman–Crippen MR) is 69.9 cm³/mol. The van der Waals surface area contributed by atoms with Crippen LogP contribution in [-0.4, -0.2) is 39.2 Å². The molecule has 1 aromatic rings. The fraction of sp³-hybridized carbons (Fsp3) is 0.667. The van der Waals surface area contributed by atoms with Crippen LogP contribution in [0.2, 0.25) is 0 Å². The largest absolute Gasteiger partial charge is 0.396 e. The summed E-state index contributed by atoms with van der Waals surface area (Å²) in [4.78, 5) is 20.3. The van der Waals surface area contributed by atoms with Crippen molar-refractivity contribution in [1.82, 2.24) is 9.97 Å². The molecule has 0 amide bonds. The van der Waals surface area contributed by atoms with Crippen molar-refractivity contribution in [3.63, 3.8) is 0 Å². The number of nitrogens with zero attached hydrogens (tertiary/aromatic N) is 4. The van der Waals surface area contributed by atoms with Gasteiger partial charge in [-0.3, -0.25) is 10.1 Å². The van der Waals surface area contributed by atoms with E-state index >= 15 is 0 Å². The Hall–Kier alpha value is -1.76. The van der Waals surface area contributed by atoms with Gasteiger partial charge in [0.25, 0.3) is 0 Å². The number of aliphatic hydroxyl groups excluding tert-OH is 1. The van der Waals surface area contributed by atoms with E-state index in [-0.39, 0.29) is 24.3 Å². The molecule has 1 aromatic heterocycles. The molecule has 1 aliphatic rings. The van der Waals surface area contributed by atoms with Crippen molar-refractivity contribution >= 4 is 11.6 Å². The Morgan fingerprint density at radius 2 is 2.21 bits per heavy atom. The highest BCUT2D eigenvalue weighted by Gasteiger charge is 2.28. The molecule has 0 aromatic carbocycles. The van der Waals surface area contributed by atoms with Gasteiger partial charge in [-0.25, -0.2) is 9.97 Å². The number of hydrogen-bond donors (Lipinski definition) is 1. The van der Waals surface area contributed by atoms with E-state index in [1.807, 2.05) is 11.8 Å². The van der Waals surface area contributed by atoms with Crippen LogP contribution in [0.5, 0.6) is 0 Å². The molecule has 0 aliphatic carbocycles. The molecule has 2 atom stereocenters. The minimum Gasteiger partial charge on any atom is -0.396 e. The number of nitro groups is 1. The lowest BCUT2D eigenvalue weighted by Crippen LogP contribution is -2.45. The van der Waals surface area contributed by atoms with E-state index in [2.05, 4.69) is 9.97 Å². The van der Waals surface area contributed by atoms with Crippen LogP contribution in [0.15, 0.2) is 12.4 Å². The molecule has 1 fully saturated rings. The summed E-state index contributed by atoms with van der Waals surface area (Å²) in [5.74, 6) is 0.648. The highest BCUT2D eigenvalue weighted by atomic mass is 16.6. The second-order valence-corrected chi connectivity index (χ2v) is 4.91. The summed E-state index contributed by atoms with van der Waals surface area (Å²) in [7, 11) is 0. The summed E-state index contributed by atoms with van der Waals surface area (Å²) >= 11 is 0. The fourth-order valence-corrected chi connectivity index (χ4v) is 2.48. The SMILES string of the molecule is CC(CO)C1CCCCN1c1ncc([N+](=O)[O-])cn1. The fourth-order valence-electron chi connectivity index (χ4n) is 2.48. The topological polar surface area (TPSA) is 92.4 Å². The molecule has 0 bridgehead atoms. The number of hydrogen-bond acceptors (Lipinski definition) is 6. The van der Waals surface area contributed by atoms with E-state index in [0.29, 0.717) is 5.95 Å². The summed E-state index contributed by atoms with van der Waals surface area (Å²) in [5, 5.41) is 19.9. The van der Waals surface area contributed by atoms with Crippen LogP contribution >= 0.6 is 0 Å². The monoisotopic (exact) mass is 266 g/mol. The van der Waals surface area contributed by atoms with Crippen molar-refractivity contribution in [2.75, 3.05) is 18.1 Å². The lowest BCUT2D eigenvalue weighted by molar-refractivity contribution is -0.385. The van der Waals surface area contributed by atoms with E-state index in [1.165, 1.54) is 12.4 Å². The Bertz CT molecular complexity index is 437. The molecule has 2 rings (SSSR count). The molecule has 7 nitrogen and oxygen atoms in total. The van der Waals surface area contributed by atoms with Gasteiger partial charge < -0.3 is 10.0 Å². The molecule has 7 heteroatoms. The highest BCUT2D eigenvalue weighted by molar-refractivity contribution is 5.36. The maximum absolute atomic E-state index is 10.6. The molecule has 2 unspecified atom stereocenters. The number of aliphatic hydroxyl groups is 1. The third-order valence-corrected chi connectivity index (χ3v) is 3.59. The minimum atomic E-state index is -0.506. The third-order valence-electron chi connectivity index (χ3n) is 3.59. The average Bonchev–Trinajstić information content (AvgIpc) is 2.46. The van der Waals surface area contributed by atoms with Gasteiger partial charge in [0.05, 0.1) is 4.92 Å². The zero-order valence-electron chi connectivity index (χ0n) is 10.9. The summed E-state index contributed by atoms with van der Waals surface area (Å²) < 4.78 is 0. The Morgan fingerprint density at radius 1 is 1.53 bits per heavy atom. The van der Waals surface area contributed by atoms with Gasteiger partial charge in [0.1, 0.15) is 12.4 Å². The molecular weight excluding hydrogens is 248 g/mol. The van der Waals surface area contributed by atoms with Crippen LogP contribution in [0.4, 0.5) is 11.6 Å². The van der Waals surface area contributed by atoms with Gasteiger partial charge in [-0.05, 0) is 25.2 Å². The number of piperidine rings is 1. The lowest BCUT2D eigenvalue weighted by Gasteiger charge is -2.38. The molecule has 0 spiro atoms. The van der Waals surface area contributed by atoms with Gasteiger partial charge in [0, 0.05) is 19.2 Å². The van der Waals surface area contributed by atoms with Crippen LogP contribution in [0, 0.1) is 16.0 Å². The first-order valence-corrected chi connectivity index (χ1v) is 6.47.